The minimum absolute atomic E-state index is 0.242. The molecule has 0 spiro atoms. The molecule has 0 aliphatic carbocycles. The molecule has 0 unspecified atom stereocenters. The first kappa shape index (κ1) is 11.2. The smallest absolute Gasteiger partial charge is 0.118 e. The maximum atomic E-state index is 10.2. The van der Waals surface area contributed by atoms with E-state index in [-0.39, 0.29) is 6.61 Å². The molecule has 1 aromatic rings. The highest BCUT2D eigenvalue weighted by Gasteiger charge is 1.96. The molecule has 0 aliphatic heterocycles. The van der Waals surface area contributed by atoms with Gasteiger partial charge in [0, 0.05) is 0 Å². The van der Waals surface area contributed by atoms with Crippen LogP contribution in [-0.4, -0.2) is 7.11 Å². The van der Waals surface area contributed by atoms with Crippen molar-refractivity contribution in [1.29, 1.82) is 0 Å². The van der Waals surface area contributed by atoms with Gasteiger partial charge in [-0.15, -0.1) is 0 Å². The van der Waals surface area contributed by atoms with E-state index in [0.29, 0.717) is 11.3 Å². The van der Waals surface area contributed by atoms with Crippen molar-refractivity contribution in [2.24, 2.45) is 0 Å². The third-order valence-electron chi connectivity index (χ3n) is 1.55. The van der Waals surface area contributed by atoms with Gasteiger partial charge < -0.3 is 23.6 Å². The first-order valence-electron chi connectivity index (χ1n) is 3.81. The Bertz CT molecular complexity index is 328. The molecule has 0 bridgehead atoms. The van der Waals surface area contributed by atoms with E-state index >= 15 is 0 Å². The number of hydrogen-bond acceptors (Lipinski definition) is 5. The number of rotatable bonds is 4. The number of phosphoric acid groups is 1. The first-order valence-corrected chi connectivity index (χ1v) is 5.27. The lowest BCUT2D eigenvalue weighted by Gasteiger charge is -2.28. The van der Waals surface area contributed by atoms with Crippen molar-refractivity contribution in [3.8, 4) is 5.75 Å². The van der Waals surface area contributed by atoms with Crippen LogP contribution in [0.5, 0.6) is 5.75 Å². The van der Waals surface area contributed by atoms with E-state index < -0.39 is 7.82 Å². The molecule has 0 N–H and O–H groups in total. The predicted octanol–water partition coefficient (Wildman–Crippen LogP) is 0.0405. The summed E-state index contributed by atoms with van der Waals surface area (Å²) in [5.41, 5.74) is 0.595. The Labute approximate surface area is 81.5 Å². The quantitative estimate of drug-likeness (QED) is 0.663. The summed E-state index contributed by atoms with van der Waals surface area (Å²) in [5.74, 6) is 0.654. The number of ether oxygens (including phenoxy) is 1. The van der Waals surface area contributed by atoms with Crippen LogP contribution in [0.4, 0.5) is 0 Å². The number of benzene rings is 1. The van der Waals surface area contributed by atoms with Gasteiger partial charge in [0.05, 0.1) is 21.5 Å². The zero-order chi connectivity index (χ0) is 10.6. The Morgan fingerprint density at radius 3 is 2.29 bits per heavy atom. The van der Waals surface area contributed by atoms with Gasteiger partial charge in [-0.05, 0) is 17.7 Å². The SMILES string of the molecule is COc1ccc(COP(=O)([O-])[O-])cc1. The van der Waals surface area contributed by atoms with Crippen LogP contribution in [-0.2, 0) is 15.7 Å². The number of hydrogen-bond donors (Lipinski definition) is 0. The minimum atomic E-state index is -4.88. The van der Waals surface area contributed by atoms with Crippen LogP contribution < -0.4 is 14.5 Å². The van der Waals surface area contributed by atoms with Gasteiger partial charge in [-0.1, -0.05) is 12.1 Å². The van der Waals surface area contributed by atoms with Crippen LogP contribution in [0.3, 0.4) is 0 Å². The monoisotopic (exact) mass is 216 g/mol. The lowest BCUT2D eigenvalue weighted by atomic mass is 10.2. The van der Waals surface area contributed by atoms with Gasteiger partial charge in [0.1, 0.15) is 5.75 Å². The highest BCUT2D eigenvalue weighted by atomic mass is 31.2. The molecule has 0 aromatic heterocycles. The van der Waals surface area contributed by atoms with E-state index in [2.05, 4.69) is 4.52 Å². The van der Waals surface area contributed by atoms with Crippen molar-refractivity contribution in [3.63, 3.8) is 0 Å². The third kappa shape index (κ3) is 3.89. The Morgan fingerprint density at radius 2 is 1.86 bits per heavy atom. The van der Waals surface area contributed by atoms with E-state index in [1.807, 2.05) is 0 Å². The topological polar surface area (TPSA) is 81.7 Å². The molecular weight excluding hydrogens is 207 g/mol. The summed E-state index contributed by atoms with van der Waals surface area (Å²) in [6.45, 7) is -0.242. The second-order valence-corrected chi connectivity index (χ2v) is 3.72. The van der Waals surface area contributed by atoms with Crippen LogP contribution >= 0.6 is 7.82 Å². The van der Waals surface area contributed by atoms with Gasteiger partial charge in [-0.25, -0.2) is 0 Å². The van der Waals surface area contributed by atoms with Crippen LogP contribution in [0.1, 0.15) is 5.56 Å². The van der Waals surface area contributed by atoms with E-state index in [1.54, 1.807) is 24.3 Å². The fraction of sp³-hybridized carbons (Fsp3) is 0.250. The minimum Gasteiger partial charge on any atom is -0.790 e. The molecule has 0 amide bonds. The highest BCUT2D eigenvalue weighted by molar-refractivity contribution is 7.43. The van der Waals surface area contributed by atoms with Gasteiger partial charge in [-0.3, -0.25) is 0 Å². The molecule has 0 saturated carbocycles. The van der Waals surface area contributed by atoms with Gasteiger partial charge >= 0.3 is 0 Å². The van der Waals surface area contributed by atoms with Crippen molar-refractivity contribution in [3.05, 3.63) is 29.8 Å². The van der Waals surface area contributed by atoms with Crippen molar-refractivity contribution in [2.75, 3.05) is 7.11 Å². The number of phosphoric ester groups is 1. The molecule has 0 radical (unpaired) electrons. The van der Waals surface area contributed by atoms with Crippen LogP contribution in [0.2, 0.25) is 0 Å². The molecule has 5 nitrogen and oxygen atoms in total. The summed E-state index contributed by atoms with van der Waals surface area (Å²) in [6, 6.07) is 6.54. The summed E-state index contributed by atoms with van der Waals surface area (Å²) >= 11 is 0. The molecular formula is C8H9O5P-2. The molecule has 14 heavy (non-hydrogen) atoms. The lowest BCUT2D eigenvalue weighted by Crippen LogP contribution is -2.16. The standard InChI is InChI=1S/C8H11O5P/c1-12-8-4-2-7(3-5-8)6-13-14(9,10)11/h2-5H,6H2,1H3,(H2,9,10,11)/p-2. The van der Waals surface area contributed by atoms with E-state index in [4.69, 9.17) is 4.74 Å². The Balaban J connectivity index is 2.56. The molecule has 0 fully saturated rings. The maximum Gasteiger partial charge on any atom is 0.118 e. The summed E-state index contributed by atoms with van der Waals surface area (Å²) in [6.07, 6.45) is 0. The van der Waals surface area contributed by atoms with Gasteiger partial charge in [0.25, 0.3) is 0 Å². The van der Waals surface area contributed by atoms with Crippen molar-refractivity contribution in [2.45, 2.75) is 6.61 Å². The van der Waals surface area contributed by atoms with E-state index in [0.717, 1.165) is 0 Å². The van der Waals surface area contributed by atoms with Gasteiger partial charge in [0.15, 0.2) is 0 Å². The largest absolute Gasteiger partial charge is 0.790 e. The second kappa shape index (κ2) is 4.57. The van der Waals surface area contributed by atoms with Crippen LogP contribution in [0.25, 0.3) is 0 Å². The van der Waals surface area contributed by atoms with Crippen LogP contribution in [0.15, 0.2) is 24.3 Å². The highest BCUT2D eigenvalue weighted by Crippen LogP contribution is 2.26. The zero-order valence-electron chi connectivity index (χ0n) is 7.50. The molecule has 78 valence electrons. The average Bonchev–Trinajstić information content (AvgIpc) is 2.14. The Hall–Kier alpha value is -0.870. The molecule has 0 atom stereocenters. The van der Waals surface area contributed by atoms with E-state index in [9.17, 15) is 14.4 Å². The van der Waals surface area contributed by atoms with Gasteiger partial charge in [-0.2, -0.15) is 0 Å². The molecule has 1 aromatic carbocycles. The van der Waals surface area contributed by atoms with Crippen molar-refractivity contribution in [1.82, 2.24) is 0 Å². The molecule has 6 heteroatoms. The summed E-state index contributed by atoms with van der Waals surface area (Å²) in [4.78, 5) is 20.3. The second-order valence-electron chi connectivity index (χ2n) is 2.57. The molecule has 0 saturated heterocycles. The summed E-state index contributed by atoms with van der Waals surface area (Å²) < 4.78 is 19.1. The van der Waals surface area contributed by atoms with E-state index in [1.165, 1.54) is 7.11 Å². The maximum absolute atomic E-state index is 10.2. The first-order chi connectivity index (χ1) is 6.51. The normalized spacial score (nSPS) is 11.4. The molecule has 0 heterocycles. The zero-order valence-corrected chi connectivity index (χ0v) is 8.40. The molecule has 1 rings (SSSR count). The summed E-state index contributed by atoms with van der Waals surface area (Å²) in [7, 11) is -3.36. The lowest BCUT2D eigenvalue weighted by molar-refractivity contribution is -0.342. The van der Waals surface area contributed by atoms with Crippen molar-refractivity contribution < 1.29 is 23.6 Å². The fourth-order valence-corrected chi connectivity index (χ4v) is 1.18. The number of methoxy groups -OCH3 is 1. The predicted molar refractivity (Wildman–Crippen MR) is 45.4 cm³/mol. The van der Waals surface area contributed by atoms with Crippen LogP contribution in [0, 0.1) is 0 Å². The fourth-order valence-electron chi connectivity index (χ4n) is 0.875. The Morgan fingerprint density at radius 1 is 1.29 bits per heavy atom. The van der Waals surface area contributed by atoms with Gasteiger partial charge in [0.2, 0.25) is 0 Å². The summed E-state index contributed by atoms with van der Waals surface area (Å²) in [5, 5.41) is 0. The average molecular weight is 216 g/mol. The van der Waals surface area contributed by atoms with Crippen molar-refractivity contribution >= 4 is 7.82 Å². The molecule has 0 aliphatic rings. The third-order valence-corrected chi connectivity index (χ3v) is 1.99. The Kier molecular flexibility index (Phi) is 3.66.